The van der Waals surface area contributed by atoms with Crippen molar-refractivity contribution in [2.24, 2.45) is 0 Å². The molecule has 0 unspecified atom stereocenters. The van der Waals surface area contributed by atoms with Gasteiger partial charge in [-0.15, -0.1) is 0 Å². The van der Waals surface area contributed by atoms with Gasteiger partial charge in [-0.05, 0) is 47.0 Å². The average molecular weight is 367 g/mol. The van der Waals surface area contributed by atoms with Gasteiger partial charge in [0.1, 0.15) is 0 Å². The van der Waals surface area contributed by atoms with Crippen molar-refractivity contribution in [3.05, 3.63) is 33.3 Å². The van der Waals surface area contributed by atoms with E-state index in [1.54, 1.807) is 18.2 Å². The third-order valence-electron chi connectivity index (χ3n) is 2.66. The van der Waals surface area contributed by atoms with E-state index in [2.05, 4.69) is 37.2 Å². The Bertz CT molecular complexity index is 432. The van der Waals surface area contributed by atoms with Crippen molar-refractivity contribution in [2.75, 3.05) is 5.33 Å². The van der Waals surface area contributed by atoms with E-state index in [9.17, 15) is 4.79 Å². The molecule has 16 heavy (non-hydrogen) atoms. The van der Waals surface area contributed by atoms with Crippen LogP contribution in [0.4, 0.5) is 0 Å². The van der Waals surface area contributed by atoms with Gasteiger partial charge in [0.05, 0.1) is 11.1 Å². The standard InChI is InChI=1S/C11H10Br2ClNO/c12-6-11(3-4-11)15-10(16)8-2-1-7(14)5-9(8)13/h1-2,5H,3-4,6H2,(H,15,16). The molecule has 0 atom stereocenters. The molecule has 1 aromatic rings. The molecule has 1 aromatic carbocycles. The summed E-state index contributed by atoms with van der Waals surface area (Å²) in [4.78, 5) is 12.0. The van der Waals surface area contributed by atoms with E-state index < -0.39 is 0 Å². The van der Waals surface area contributed by atoms with Gasteiger partial charge in [0.2, 0.25) is 0 Å². The fraction of sp³-hybridized carbons (Fsp3) is 0.364. The Hall–Kier alpha value is -0.0600. The predicted molar refractivity (Wildman–Crippen MR) is 72.4 cm³/mol. The van der Waals surface area contributed by atoms with E-state index in [0.717, 1.165) is 22.6 Å². The summed E-state index contributed by atoms with van der Waals surface area (Å²) < 4.78 is 0.725. The van der Waals surface area contributed by atoms with Gasteiger partial charge in [-0.25, -0.2) is 0 Å². The quantitative estimate of drug-likeness (QED) is 0.810. The maximum atomic E-state index is 12.0. The number of hydrogen-bond acceptors (Lipinski definition) is 1. The zero-order chi connectivity index (χ0) is 11.8. The zero-order valence-electron chi connectivity index (χ0n) is 8.40. The molecule has 5 heteroatoms. The first-order valence-corrected chi connectivity index (χ1v) is 7.19. The summed E-state index contributed by atoms with van der Waals surface area (Å²) in [5.41, 5.74) is 0.590. The van der Waals surface area contributed by atoms with Crippen LogP contribution in [0.15, 0.2) is 22.7 Å². The largest absolute Gasteiger partial charge is 0.346 e. The van der Waals surface area contributed by atoms with Crippen molar-refractivity contribution < 1.29 is 4.79 Å². The Morgan fingerprint density at radius 1 is 1.50 bits per heavy atom. The lowest BCUT2D eigenvalue weighted by Crippen LogP contribution is -2.38. The smallest absolute Gasteiger partial charge is 0.252 e. The van der Waals surface area contributed by atoms with Crippen LogP contribution in [0.25, 0.3) is 0 Å². The molecule has 2 nitrogen and oxygen atoms in total. The first-order chi connectivity index (χ1) is 7.56. The van der Waals surface area contributed by atoms with E-state index >= 15 is 0 Å². The van der Waals surface area contributed by atoms with E-state index in [-0.39, 0.29) is 11.4 Å². The minimum atomic E-state index is -0.0551. The van der Waals surface area contributed by atoms with Crippen molar-refractivity contribution in [2.45, 2.75) is 18.4 Å². The summed E-state index contributed by atoms with van der Waals surface area (Å²) in [5, 5.41) is 4.45. The van der Waals surface area contributed by atoms with Crippen molar-refractivity contribution >= 4 is 49.4 Å². The second kappa shape index (κ2) is 4.67. The monoisotopic (exact) mass is 365 g/mol. The van der Waals surface area contributed by atoms with Gasteiger partial charge in [-0.3, -0.25) is 4.79 Å². The van der Waals surface area contributed by atoms with Crippen LogP contribution in [0.3, 0.4) is 0 Å². The molecule has 86 valence electrons. The van der Waals surface area contributed by atoms with Gasteiger partial charge in [-0.2, -0.15) is 0 Å². The molecule has 1 N–H and O–H groups in total. The molecule has 0 heterocycles. The molecule has 0 bridgehead atoms. The number of carbonyl (C=O) groups is 1. The molecule has 0 radical (unpaired) electrons. The van der Waals surface area contributed by atoms with Crippen molar-refractivity contribution in [3.8, 4) is 0 Å². The molecule has 2 rings (SSSR count). The minimum absolute atomic E-state index is 0.0316. The van der Waals surface area contributed by atoms with Crippen molar-refractivity contribution in [1.82, 2.24) is 5.32 Å². The number of benzene rings is 1. The summed E-state index contributed by atoms with van der Waals surface area (Å²) in [6, 6.07) is 5.17. The summed E-state index contributed by atoms with van der Waals surface area (Å²) in [7, 11) is 0. The van der Waals surface area contributed by atoms with Crippen LogP contribution in [-0.2, 0) is 0 Å². The highest BCUT2D eigenvalue weighted by molar-refractivity contribution is 9.10. The van der Waals surface area contributed by atoms with Crippen LogP contribution in [0, 0.1) is 0 Å². The van der Waals surface area contributed by atoms with Crippen molar-refractivity contribution in [1.29, 1.82) is 0 Å². The fourth-order valence-electron chi connectivity index (χ4n) is 1.42. The maximum absolute atomic E-state index is 12.0. The predicted octanol–water partition coefficient (Wildman–Crippen LogP) is 3.76. The maximum Gasteiger partial charge on any atom is 0.252 e. The first-order valence-electron chi connectivity index (χ1n) is 4.90. The molecule has 0 aliphatic heterocycles. The minimum Gasteiger partial charge on any atom is -0.346 e. The van der Waals surface area contributed by atoms with Gasteiger partial charge >= 0.3 is 0 Å². The lowest BCUT2D eigenvalue weighted by atomic mass is 10.2. The zero-order valence-corrected chi connectivity index (χ0v) is 12.3. The molecule has 1 aliphatic carbocycles. The highest BCUT2D eigenvalue weighted by Crippen LogP contribution is 2.37. The Morgan fingerprint density at radius 3 is 2.69 bits per heavy atom. The van der Waals surface area contributed by atoms with Crippen LogP contribution in [0.5, 0.6) is 0 Å². The summed E-state index contributed by atoms with van der Waals surface area (Å²) >= 11 is 12.6. The molecule has 1 fully saturated rings. The fourth-order valence-corrected chi connectivity index (χ4v) is 2.99. The molecule has 1 amide bonds. The van der Waals surface area contributed by atoms with E-state index in [1.165, 1.54) is 0 Å². The molecule has 0 saturated heterocycles. The third-order valence-corrected chi connectivity index (χ3v) is 4.63. The second-order valence-corrected chi connectivity index (χ2v) is 5.84. The van der Waals surface area contributed by atoms with E-state index in [1.807, 2.05) is 0 Å². The van der Waals surface area contributed by atoms with Crippen LogP contribution in [0.2, 0.25) is 5.02 Å². The third kappa shape index (κ3) is 2.60. The number of amides is 1. The molecule has 0 spiro atoms. The molecule has 0 aromatic heterocycles. The molecular formula is C11H10Br2ClNO. The lowest BCUT2D eigenvalue weighted by molar-refractivity contribution is 0.0936. The van der Waals surface area contributed by atoms with Crippen LogP contribution < -0.4 is 5.32 Å². The van der Waals surface area contributed by atoms with Gasteiger partial charge in [-0.1, -0.05) is 27.5 Å². The second-order valence-electron chi connectivity index (χ2n) is 3.99. The number of rotatable bonds is 3. The highest BCUT2D eigenvalue weighted by Gasteiger charge is 2.43. The van der Waals surface area contributed by atoms with Gasteiger partial charge in [0.25, 0.3) is 5.91 Å². The average Bonchev–Trinajstić information content (AvgIpc) is 2.98. The van der Waals surface area contributed by atoms with E-state index in [0.29, 0.717) is 10.6 Å². The topological polar surface area (TPSA) is 29.1 Å². The number of halogens is 3. The summed E-state index contributed by atoms with van der Waals surface area (Å²) in [5.74, 6) is -0.0551. The number of nitrogens with one attached hydrogen (secondary N) is 1. The van der Waals surface area contributed by atoms with Crippen LogP contribution in [-0.4, -0.2) is 16.8 Å². The normalized spacial score (nSPS) is 16.9. The SMILES string of the molecule is O=C(NC1(CBr)CC1)c1ccc(Cl)cc1Br. The Labute approximate surface area is 116 Å². The van der Waals surface area contributed by atoms with Gasteiger partial charge < -0.3 is 5.32 Å². The summed E-state index contributed by atoms with van der Waals surface area (Å²) in [6.07, 6.45) is 2.07. The highest BCUT2D eigenvalue weighted by atomic mass is 79.9. The van der Waals surface area contributed by atoms with Crippen molar-refractivity contribution in [3.63, 3.8) is 0 Å². The molecule has 1 saturated carbocycles. The van der Waals surface area contributed by atoms with Gasteiger partial charge in [0.15, 0.2) is 0 Å². The number of alkyl halides is 1. The number of carbonyl (C=O) groups excluding carboxylic acids is 1. The van der Waals surface area contributed by atoms with E-state index in [4.69, 9.17) is 11.6 Å². The van der Waals surface area contributed by atoms with Gasteiger partial charge in [0, 0.05) is 14.8 Å². The molecular weight excluding hydrogens is 357 g/mol. The number of hydrogen-bond donors (Lipinski definition) is 1. The van der Waals surface area contributed by atoms with Crippen LogP contribution >= 0.6 is 43.5 Å². The Kier molecular flexibility index (Phi) is 3.62. The Balaban J connectivity index is 2.15. The Morgan fingerprint density at radius 2 is 2.19 bits per heavy atom. The van der Waals surface area contributed by atoms with Crippen LogP contribution in [0.1, 0.15) is 23.2 Å². The summed E-state index contributed by atoms with van der Waals surface area (Å²) in [6.45, 7) is 0. The molecule has 1 aliphatic rings. The first kappa shape index (κ1) is 12.4. The lowest BCUT2D eigenvalue weighted by Gasteiger charge is -2.14.